The number of carbonyl (C=O) groups excluding carboxylic acids is 1. The molecule has 158 valence electrons. The Morgan fingerprint density at radius 2 is 1.73 bits per heavy atom. The first-order valence-electron chi connectivity index (χ1n) is 9.83. The first-order chi connectivity index (χ1) is 14.5. The lowest BCUT2D eigenvalue weighted by atomic mass is 10.2. The topological polar surface area (TPSA) is 88.8 Å². The molecule has 1 amide bonds. The first-order valence-corrected chi connectivity index (χ1v) is 9.83. The maximum atomic E-state index is 12.9. The second-order valence-corrected chi connectivity index (χ2v) is 7.23. The molecule has 0 unspecified atom stereocenters. The summed E-state index contributed by atoms with van der Waals surface area (Å²) >= 11 is 0. The number of hydrogen-bond acceptors (Lipinski definition) is 6. The van der Waals surface area contributed by atoms with Crippen LogP contribution in [-0.4, -0.2) is 72.8 Å². The second kappa shape index (κ2) is 10.7. The number of nitrogens with one attached hydrogen (secondary N) is 1. The second-order valence-electron chi connectivity index (χ2n) is 7.23. The first kappa shape index (κ1) is 21.7. The third-order valence-electron chi connectivity index (χ3n) is 4.85. The van der Waals surface area contributed by atoms with Gasteiger partial charge >= 0.3 is 0 Å². The Morgan fingerprint density at radius 1 is 1.10 bits per heavy atom. The maximum Gasteiger partial charge on any atom is 0.238 e. The Hall–Kier alpha value is -2.99. The molecule has 1 aliphatic rings. The summed E-state index contributed by atoms with van der Waals surface area (Å²) in [5.41, 5.74) is 1.14. The number of halogens is 1. The summed E-state index contributed by atoms with van der Waals surface area (Å²) in [7, 11) is 0. The van der Waals surface area contributed by atoms with Gasteiger partial charge in [0.2, 0.25) is 5.91 Å². The van der Waals surface area contributed by atoms with Gasteiger partial charge in [0.05, 0.1) is 18.2 Å². The van der Waals surface area contributed by atoms with E-state index in [0.717, 1.165) is 26.2 Å². The van der Waals surface area contributed by atoms with Gasteiger partial charge in [-0.3, -0.25) is 14.6 Å². The van der Waals surface area contributed by atoms with Gasteiger partial charge in [0, 0.05) is 38.4 Å². The molecule has 8 heteroatoms. The minimum atomic E-state index is -0.631. The van der Waals surface area contributed by atoms with Crippen LogP contribution >= 0.6 is 0 Å². The van der Waals surface area contributed by atoms with E-state index in [0.29, 0.717) is 23.5 Å². The summed E-state index contributed by atoms with van der Waals surface area (Å²) in [6.07, 6.45) is -0.631. The lowest BCUT2D eigenvalue weighted by Crippen LogP contribution is -2.50. The number of ether oxygens (including phenoxy) is 1. The van der Waals surface area contributed by atoms with E-state index in [1.807, 2.05) is 6.07 Å². The molecule has 1 fully saturated rings. The van der Waals surface area contributed by atoms with Crippen LogP contribution in [0.15, 0.2) is 48.5 Å². The third-order valence-corrected chi connectivity index (χ3v) is 4.85. The summed E-state index contributed by atoms with van der Waals surface area (Å²) in [6, 6.07) is 14.5. The van der Waals surface area contributed by atoms with E-state index in [9.17, 15) is 14.3 Å². The number of hydrogen-bond donors (Lipinski definition) is 2. The minimum absolute atomic E-state index is 0.133. The highest BCUT2D eigenvalue weighted by atomic mass is 19.1. The average molecular weight is 412 g/mol. The van der Waals surface area contributed by atoms with Crippen molar-refractivity contribution in [3.63, 3.8) is 0 Å². The fourth-order valence-electron chi connectivity index (χ4n) is 3.24. The number of benzene rings is 2. The van der Waals surface area contributed by atoms with Crippen molar-refractivity contribution in [1.29, 1.82) is 5.26 Å². The Balaban J connectivity index is 1.33. The van der Waals surface area contributed by atoms with Gasteiger partial charge in [-0.1, -0.05) is 0 Å². The summed E-state index contributed by atoms with van der Waals surface area (Å²) in [5, 5.41) is 21.8. The fraction of sp³-hybridized carbons (Fsp3) is 0.364. The van der Waals surface area contributed by atoms with Crippen molar-refractivity contribution in [2.45, 2.75) is 6.10 Å². The van der Waals surface area contributed by atoms with Crippen LogP contribution in [0.5, 0.6) is 5.75 Å². The van der Waals surface area contributed by atoms with Gasteiger partial charge in [-0.2, -0.15) is 5.26 Å². The van der Waals surface area contributed by atoms with Crippen molar-refractivity contribution in [3.8, 4) is 11.8 Å². The molecule has 1 aliphatic heterocycles. The van der Waals surface area contributed by atoms with E-state index in [1.165, 1.54) is 24.3 Å². The molecule has 0 radical (unpaired) electrons. The molecule has 1 heterocycles. The molecule has 0 aliphatic carbocycles. The largest absolute Gasteiger partial charge is 0.491 e. The van der Waals surface area contributed by atoms with Crippen LogP contribution in [0.3, 0.4) is 0 Å². The zero-order chi connectivity index (χ0) is 21.3. The van der Waals surface area contributed by atoms with Crippen LogP contribution in [-0.2, 0) is 4.79 Å². The van der Waals surface area contributed by atoms with Crippen LogP contribution in [0.4, 0.5) is 10.1 Å². The number of aliphatic hydroxyl groups is 1. The van der Waals surface area contributed by atoms with Crippen molar-refractivity contribution in [1.82, 2.24) is 9.80 Å². The van der Waals surface area contributed by atoms with Crippen LogP contribution in [0.25, 0.3) is 0 Å². The molecule has 7 nitrogen and oxygen atoms in total. The third kappa shape index (κ3) is 6.81. The summed E-state index contributed by atoms with van der Waals surface area (Å²) in [6.45, 7) is 3.88. The molecule has 1 saturated heterocycles. The Morgan fingerprint density at radius 3 is 2.37 bits per heavy atom. The molecule has 1 atom stereocenters. The van der Waals surface area contributed by atoms with Gasteiger partial charge in [0.1, 0.15) is 24.3 Å². The number of β-amino-alcohol motifs (C(OH)–C–C–N with tert-alkyl or cyclic N) is 1. The number of nitriles is 1. The highest BCUT2D eigenvalue weighted by molar-refractivity contribution is 5.92. The number of anilines is 1. The van der Waals surface area contributed by atoms with E-state index in [4.69, 9.17) is 10.00 Å². The molecule has 0 bridgehead atoms. The minimum Gasteiger partial charge on any atom is -0.491 e. The standard InChI is InChI=1S/C22H25FN4O3/c23-18-3-5-19(6-4-18)25-22(29)15-27-11-9-26(10-12-27)14-20(28)16-30-21-7-1-17(13-24)2-8-21/h1-8,20,28H,9-12,14-16H2,(H,25,29)/t20-/m0/s1. The zero-order valence-electron chi connectivity index (χ0n) is 16.6. The number of aliphatic hydroxyl groups excluding tert-OH is 1. The van der Waals surface area contributed by atoms with Crippen LogP contribution in [0, 0.1) is 17.1 Å². The number of amides is 1. The van der Waals surface area contributed by atoms with E-state index >= 15 is 0 Å². The van der Waals surface area contributed by atoms with Crippen LogP contribution < -0.4 is 10.1 Å². The molecule has 0 aromatic heterocycles. The predicted molar refractivity (Wildman–Crippen MR) is 111 cm³/mol. The van der Waals surface area contributed by atoms with E-state index in [1.54, 1.807) is 24.3 Å². The number of nitrogens with zero attached hydrogens (tertiary/aromatic N) is 3. The summed E-state index contributed by atoms with van der Waals surface area (Å²) in [4.78, 5) is 16.3. The smallest absolute Gasteiger partial charge is 0.238 e. The quantitative estimate of drug-likeness (QED) is 0.686. The molecular weight excluding hydrogens is 387 g/mol. The van der Waals surface area contributed by atoms with Crippen molar-refractivity contribution in [3.05, 3.63) is 59.9 Å². The number of carbonyl (C=O) groups is 1. The highest BCUT2D eigenvalue weighted by Gasteiger charge is 2.21. The van der Waals surface area contributed by atoms with Gasteiger partial charge in [-0.25, -0.2) is 4.39 Å². The normalized spacial score (nSPS) is 15.9. The molecule has 30 heavy (non-hydrogen) atoms. The molecule has 0 saturated carbocycles. The maximum absolute atomic E-state index is 12.9. The molecule has 0 spiro atoms. The van der Waals surface area contributed by atoms with E-state index in [-0.39, 0.29) is 24.9 Å². The molecular formula is C22H25FN4O3. The highest BCUT2D eigenvalue weighted by Crippen LogP contribution is 2.12. The number of piperazine rings is 1. The van der Waals surface area contributed by atoms with Gasteiger partial charge in [0.25, 0.3) is 0 Å². The van der Waals surface area contributed by atoms with Crippen molar-refractivity contribution >= 4 is 11.6 Å². The van der Waals surface area contributed by atoms with Gasteiger partial charge in [-0.05, 0) is 48.5 Å². The Bertz CT molecular complexity index is 859. The zero-order valence-corrected chi connectivity index (χ0v) is 16.6. The Kier molecular flexibility index (Phi) is 7.74. The van der Waals surface area contributed by atoms with Crippen molar-refractivity contribution in [2.24, 2.45) is 0 Å². The SMILES string of the molecule is N#Cc1ccc(OC[C@@H](O)CN2CCN(CC(=O)Nc3ccc(F)cc3)CC2)cc1. The molecule has 2 N–H and O–H groups in total. The van der Waals surface area contributed by atoms with E-state index < -0.39 is 6.10 Å². The molecule has 2 aromatic rings. The van der Waals surface area contributed by atoms with Crippen LogP contribution in [0.2, 0.25) is 0 Å². The summed E-state index contributed by atoms with van der Waals surface area (Å²) < 4.78 is 18.5. The monoisotopic (exact) mass is 412 g/mol. The van der Waals surface area contributed by atoms with Crippen LogP contribution in [0.1, 0.15) is 5.56 Å². The lowest BCUT2D eigenvalue weighted by molar-refractivity contribution is -0.117. The van der Waals surface area contributed by atoms with Gasteiger partial charge in [-0.15, -0.1) is 0 Å². The van der Waals surface area contributed by atoms with Crippen molar-refractivity contribution in [2.75, 3.05) is 51.2 Å². The summed E-state index contributed by atoms with van der Waals surface area (Å²) in [5.74, 6) is 0.143. The number of rotatable bonds is 8. The van der Waals surface area contributed by atoms with Gasteiger partial charge < -0.3 is 15.2 Å². The van der Waals surface area contributed by atoms with Gasteiger partial charge in [0.15, 0.2) is 0 Å². The fourth-order valence-corrected chi connectivity index (χ4v) is 3.24. The molecule has 3 rings (SSSR count). The average Bonchev–Trinajstić information content (AvgIpc) is 2.75. The molecule has 2 aromatic carbocycles. The van der Waals surface area contributed by atoms with E-state index in [2.05, 4.69) is 15.1 Å². The van der Waals surface area contributed by atoms with Crippen molar-refractivity contribution < 1.29 is 19.0 Å². The lowest BCUT2D eigenvalue weighted by Gasteiger charge is -2.35. The Labute approximate surface area is 175 Å². The predicted octanol–water partition coefficient (Wildman–Crippen LogP) is 1.69.